The van der Waals surface area contributed by atoms with Gasteiger partial charge < -0.3 is 14.8 Å². The van der Waals surface area contributed by atoms with Crippen molar-refractivity contribution in [1.29, 1.82) is 0 Å². The third-order valence-electron chi connectivity index (χ3n) is 5.94. The quantitative estimate of drug-likeness (QED) is 0.500. The predicted molar refractivity (Wildman–Crippen MR) is 118 cm³/mol. The van der Waals surface area contributed by atoms with Crippen LogP contribution in [0.3, 0.4) is 0 Å². The van der Waals surface area contributed by atoms with Gasteiger partial charge in [0.05, 0.1) is 12.8 Å². The molecule has 0 saturated carbocycles. The Bertz CT molecular complexity index is 1350. The van der Waals surface area contributed by atoms with Gasteiger partial charge in [-0.05, 0) is 35.9 Å². The first kappa shape index (κ1) is 18.6. The number of fused-ring (bicyclic) bond motifs is 3. The number of nitrogens with zero attached hydrogens (tertiary/aromatic N) is 3. The van der Waals surface area contributed by atoms with Gasteiger partial charge in [-0.15, -0.1) is 0 Å². The molecule has 3 aromatic carbocycles. The molecule has 0 aliphatic carbocycles. The summed E-state index contributed by atoms with van der Waals surface area (Å²) in [6.07, 6.45) is 1.02. The molecule has 32 heavy (non-hydrogen) atoms. The Hall–Kier alpha value is -4.13. The Kier molecular flexibility index (Phi) is 4.21. The Morgan fingerprint density at radius 1 is 1.00 bits per heavy atom. The summed E-state index contributed by atoms with van der Waals surface area (Å²) in [5, 5.41) is 7.84. The summed E-state index contributed by atoms with van der Waals surface area (Å²) in [4.78, 5) is 4.37. The first-order valence-electron chi connectivity index (χ1n) is 10.3. The number of benzene rings is 3. The maximum absolute atomic E-state index is 15.1. The third kappa shape index (κ3) is 2.78. The zero-order valence-electron chi connectivity index (χ0n) is 17.2. The van der Waals surface area contributed by atoms with E-state index in [1.807, 2.05) is 54.6 Å². The van der Waals surface area contributed by atoms with E-state index >= 15 is 4.39 Å². The molecule has 0 bridgehead atoms. The Morgan fingerprint density at radius 2 is 1.78 bits per heavy atom. The van der Waals surface area contributed by atoms with Gasteiger partial charge in [-0.25, -0.2) is 9.07 Å². The zero-order chi connectivity index (χ0) is 21.7. The van der Waals surface area contributed by atoms with E-state index in [9.17, 15) is 0 Å². The Balaban J connectivity index is 1.62. The van der Waals surface area contributed by atoms with Crippen LogP contribution in [0.5, 0.6) is 11.5 Å². The fourth-order valence-corrected chi connectivity index (χ4v) is 4.47. The summed E-state index contributed by atoms with van der Waals surface area (Å²) >= 11 is 0. The van der Waals surface area contributed by atoms with E-state index < -0.39 is 12.1 Å². The van der Waals surface area contributed by atoms with Crippen LogP contribution in [0.2, 0.25) is 0 Å². The average molecular weight is 426 g/mol. The molecular formula is C25H19FN4O2. The molecule has 0 fully saturated rings. The topological polar surface area (TPSA) is 61.2 Å². The van der Waals surface area contributed by atoms with Crippen LogP contribution in [0.4, 0.5) is 10.3 Å². The van der Waals surface area contributed by atoms with E-state index in [4.69, 9.17) is 9.47 Å². The summed E-state index contributed by atoms with van der Waals surface area (Å²) in [5.74, 6) is 1.76. The van der Waals surface area contributed by atoms with Crippen LogP contribution < -0.4 is 14.8 Å². The summed E-state index contributed by atoms with van der Waals surface area (Å²) in [6.45, 7) is 0. The fourth-order valence-electron chi connectivity index (χ4n) is 4.47. The lowest BCUT2D eigenvalue weighted by Gasteiger charge is -2.39. The molecule has 0 unspecified atom stereocenters. The van der Waals surface area contributed by atoms with Crippen molar-refractivity contribution in [3.05, 3.63) is 107 Å². The van der Waals surface area contributed by atoms with Crippen LogP contribution in [-0.2, 0) is 0 Å². The van der Waals surface area contributed by atoms with Crippen LogP contribution in [0.15, 0.2) is 84.7 Å². The van der Waals surface area contributed by atoms with Crippen molar-refractivity contribution < 1.29 is 13.9 Å². The SMILES string of the molecule is COc1ccc([C@H]2Oc3ccccc3C3=C2[C@H](c2ccccc2F)n2ncnc2N3)cc1. The van der Waals surface area contributed by atoms with Gasteiger partial charge in [-0.1, -0.05) is 42.5 Å². The lowest BCUT2D eigenvalue weighted by molar-refractivity contribution is 0.222. The predicted octanol–water partition coefficient (Wildman–Crippen LogP) is 4.99. The number of anilines is 1. The van der Waals surface area contributed by atoms with Gasteiger partial charge in [0.1, 0.15) is 35.8 Å². The van der Waals surface area contributed by atoms with Crippen molar-refractivity contribution in [3.8, 4) is 11.5 Å². The summed E-state index contributed by atoms with van der Waals surface area (Å²) < 4.78 is 28.7. The van der Waals surface area contributed by atoms with Crippen LogP contribution in [-0.4, -0.2) is 21.9 Å². The van der Waals surface area contributed by atoms with Crippen molar-refractivity contribution >= 4 is 11.6 Å². The lowest BCUT2D eigenvalue weighted by Crippen LogP contribution is -2.32. The first-order valence-corrected chi connectivity index (χ1v) is 10.3. The smallest absolute Gasteiger partial charge is 0.226 e. The highest BCUT2D eigenvalue weighted by Crippen LogP contribution is 2.50. The van der Waals surface area contributed by atoms with Crippen LogP contribution in [0, 0.1) is 5.82 Å². The van der Waals surface area contributed by atoms with Crippen LogP contribution >= 0.6 is 0 Å². The number of para-hydroxylation sites is 1. The third-order valence-corrected chi connectivity index (χ3v) is 5.94. The van der Waals surface area contributed by atoms with Gasteiger partial charge >= 0.3 is 0 Å². The number of aromatic nitrogens is 3. The van der Waals surface area contributed by atoms with E-state index in [-0.39, 0.29) is 5.82 Å². The molecule has 6 nitrogen and oxygen atoms in total. The molecule has 3 heterocycles. The van der Waals surface area contributed by atoms with Gasteiger partial charge in [0.25, 0.3) is 0 Å². The van der Waals surface area contributed by atoms with Crippen molar-refractivity contribution in [2.75, 3.05) is 12.4 Å². The van der Waals surface area contributed by atoms with Crippen molar-refractivity contribution in [2.45, 2.75) is 12.1 Å². The molecule has 0 radical (unpaired) electrons. The van der Waals surface area contributed by atoms with Crippen molar-refractivity contribution in [2.24, 2.45) is 0 Å². The number of rotatable bonds is 3. The lowest BCUT2D eigenvalue weighted by atomic mass is 9.84. The van der Waals surface area contributed by atoms with Gasteiger partial charge in [0, 0.05) is 16.7 Å². The second kappa shape index (κ2) is 7.23. The highest BCUT2D eigenvalue weighted by Gasteiger charge is 2.41. The van der Waals surface area contributed by atoms with Crippen LogP contribution in [0.1, 0.15) is 28.8 Å². The van der Waals surface area contributed by atoms with E-state index in [1.54, 1.807) is 23.9 Å². The summed E-state index contributed by atoms with van der Waals surface area (Å²) in [5.41, 5.74) is 4.08. The minimum atomic E-state index is -0.523. The van der Waals surface area contributed by atoms with Gasteiger partial charge in [0.2, 0.25) is 5.95 Å². The molecule has 1 N–H and O–H groups in total. The van der Waals surface area contributed by atoms with E-state index in [2.05, 4.69) is 15.4 Å². The molecule has 158 valence electrons. The van der Waals surface area contributed by atoms with Gasteiger partial charge in [0.15, 0.2) is 0 Å². The molecule has 7 heteroatoms. The zero-order valence-corrected chi connectivity index (χ0v) is 17.2. The van der Waals surface area contributed by atoms with E-state index in [0.717, 1.165) is 33.9 Å². The highest BCUT2D eigenvalue weighted by molar-refractivity contribution is 5.85. The number of methoxy groups -OCH3 is 1. The van der Waals surface area contributed by atoms with Crippen molar-refractivity contribution in [1.82, 2.24) is 14.8 Å². The van der Waals surface area contributed by atoms with Gasteiger partial charge in [-0.3, -0.25) is 0 Å². The molecule has 0 amide bonds. The molecule has 6 rings (SSSR count). The number of ether oxygens (including phenoxy) is 2. The molecule has 2 aliphatic heterocycles. The number of hydrogen-bond donors (Lipinski definition) is 1. The second-order valence-corrected chi connectivity index (χ2v) is 7.67. The fraction of sp³-hybridized carbons (Fsp3) is 0.120. The second-order valence-electron chi connectivity index (χ2n) is 7.67. The van der Waals surface area contributed by atoms with E-state index in [0.29, 0.717) is 11.5 Å². The minimum Gasteiger partial charge on any atom is -0.497 e. The minimum absolute atomic E-state index is 0.306. The largest absolute Gasteiger partial charge is 0.497 e. The molecule has 0 spiro atoms. The standard InChI is InChI=1S/C25H19FN4O2/c1-31-16-12-10-15(11-13-16)24-21-22(18-7-3-5-9-20(18)32-24)29-25-27-14-28-30(25)23(21)17-6-2-4-8-19(17)26/h2-14,23-24H,1H3,(H,27,28,29)/t23-,24+/m0/s1. The summed E-state index contributed by atoms with van der Waals surface area (Å²) in [6, 6.07) is 21.8. The molecule has 2 atom stereocenters. The maximum Gasteiger partial charge on any atom is 0.226 e. The van der Waals surface area contributed by atoms with Crippen LogP contribution in [0.25, 0.3) is 5.70 Å². The molecular weight excluding hydrogens is 407 g/mol. The average Bonchev–Trinajstić information content (AvgIpc) is 3.31. The normalized spacial score (nSPS) is 18.7. The van der Waals surface area contributed by atoms with E-state index in [1.165, 1.54) is 12.4 Å². The molecule has 4 aromatic rings. The van der Waals surface area contributed by atoms with Gasteiger partial charge in [-0.2, -0.15) is 10.1 Å². The number of hydrogen-bond acceptors (Lipinski definition) is 5. The number of nitrogens with one attached hydrogen (secondary N) is 1. The molecule has 1 aromatic heterocycles. The highest BCUT2D eigenvalue weighted by atomic mass is 19.1. The molecule has 0 saturated heterocycles. The monoisotopic (exact) mass is 426 g/mol. The molecule has 2 aliphatic rings. The Morgan fingerprint density at radius 3 is 2.59 bits per heavy atom. The Labute approximate surface area is 183 Å². The number of halogens is 1. The summed E-state index contributed by atoms with van der Waals surface area (Å²) in [7, 11) is 1.63. The van der Waals surface area contributed by atoms with Crippen molar-refractivity contribution in [3.63, 3.8) is 0 Å². The maximum atomic E-state index is 15.1. The first-order chi connectivity index (χ1) is 15.7.